The molecule has 22 heavy (non-hydrogen) atoms. The molecular formula is C18H21N3O. The van der Waals surface area contributed by atoms with Gasteiger partial charge in [-0.1, -0.05) is 30.3 Å². The highest BCUT2D eigenvalue weighted by atomic mass is 16.5. The Balaban J connectivity index is 1.72. The van der Waals surface area contributed by atoms with E-state index in [9.17, 15) is 0 Å². The molecule has 0 fully saturated rings. The third-order valence-electron chi connectivity index (χ3n) is 3.83. The first-order valence-electron chi connectivity index (χ1n) is 7.71. The molecule has 1 heterocycles. The fraction of sp³-hybridized carbons (Fsp3) is 0.278. The van der Waals surface area contributed by atoms with E-state index in [1.165, 1.54) is 0 Å². The zero-order valence-corrected chi connectivity index (χ0v) is 12.8. The molecule has 1 N–H and O–H groups in total. The topological polar surface area (TPSA) is 42.9 Å². The molecule has 4 heteroatoms. The monoisotopic (exact) mass is 295 g/mol. The number of nitrogens with zero attached hydrogens (tertiary/aromatic N) is 2. The molecule has 0 atom stereocenters. The lowest BCUT2D eigenvalue weighted by Crippen LogP contribution is -2.24. The van der Waals surface area contributed by atoms with Crippen LogP contribution >= 0.6 is 0 Å². The fourth-order valence-electron chi connectivity index (χ4n) is 2.77. The van der Waals surface area contributed by atoms with Crippen molar-refractivity contribution >= 4 is 11.0 Å². The lowest BCUT2D eigenvalue weighted by molar-refractivity contribution is 0.301. The molecule has 0 bridgehead atoms. The standard InChI is InChI=1S/C18H21N3O/c1-2-20-16-11-6-7-12-17(16)21(18(20)19)13-8-14-22-15-9-4-3-5-10-15/h3-7,9-12,19H,2,8,13-14H2,1H3. The molecule has 0 saturated carbocycles. The van der Waals surface area contributed by atoms with Crippen molar-refractivity contribution < 1.29 is 4.74 Å². The average molecular weight is 295 g/mol. The van der Waals surface area contributed by atoms with Gasteiger partial charge in [0.2, 0.25) is 5.62 Å². The van der Waals surface area contributed by atoms with Crippen LogP contribution < -0.4 is 10.4 Å². The van der Waals surface area contributed by atoms with Gasteiger partial charge in [0.15, 0.2) is 0 Å². The molecule has 0 radical (unpaired) electrons. The van der Waals surface area contributed by atoms with E-state index < -0.39 is 0 Å². The summed E-state index contributed by atoms with van der Waals surface area (Å²) < 4.78 is 9.83. The van der Waals surface area contributed by atoms with E-state index in [2.05, 4.69) is 23.6 Å². The van der Waals surface area contributed by atoms with Gasteiger partial charge in [-0.2, -0.15) is 0 Å². The first-order valence-corrected chi connectivity index (χ1v) is 7.71. The highest BCUT2D eigenvalue weighted by Crippen LogP contribution is 2.13. The number of para-hydroxylation sites is 3. The van der Waals surface area contributed by atoms with Gasteiger partial charge in [0.1, 0.15) is 5.75 Å². The summed E-state index contributed by atoms with van der Waals surface area (Å²) in [7, 11) is 0. The maximum atomic E-state index is 8.36. The van der Waals surface area contributed by atoms with E-state index in [1.54, 1.807) is 0 Å². The summed E-state index contributed by atoms with van der Waals surface area (Å²) in [6.07, 6.45) is 0.878. The zero-order chi connectivity index (χ0) is 15.4. The van der Waals surface area contributed by atoms with Crippen LogP contribution in [-0.2, 0) is 13.1 Å². The lowest BCUT2D eigenvalue weighted by atomic mass is 10.3. The minimum absolute atomic E-state index is 0.559. The largest absolute Gasteiger partial charge is 0.494 e. The predicted octanol–water partition coefficient (Wildman–Crippen LogP) is 3.41. The van der Waals surface area contributed by atoms with Crippen molar-refractivity contribution in [2.45, 2.75) is 26.4 Å². The van der Waals surface area contributed by atoms with E-state index in [4.69, 9.17) is 10.1 Å². The highest BCUT2D eigenvalue weighted by Gasteiger charge is 2.08. The number of imidazole rings is 1. The fourth-order valence-corrected chi connectivity index (χ4v) is 2.77. The summed E-state index contributed by atoms with van der Waals surface area (Å²) in [5.74, 6) is 0.898. The molecule has 0 aliphatic heterocycles. The van der Waals surface area contributed by atoms with Crippen LogP contribution in [0.4, 0.5) is 0 Å². The molecule has 0 unspecified atom stereocenters. The lowest BCUT2D eigenvalue weighted by Gasteiger charge is -2.07. The zero-order valence-electron chi connectivity index (χ0n) is 12.8. The third kappa shape index (κ3) is 2.77. The van der Waals surface area contributed by atoms with Crippen molar-refractivity contribution in [3.05, 3.63) is 60.2 Å². The average Bonchev–Trinajstić information content (AvgIpc) is 2.84. The van der Waals surface area contributed by atoms with Crippen molar-refractivity contribution in [2.24, 2.45) is 0 Å². The molecule has 0 aliphatic carbocycles. The van der Waals surface area contributed by atoms with Gasteiger partial charge in [-0.05, 0) is 37.6 Å². The van der Waals surface area contributed by atoms with Crippen LogP contribution in [0.2, 0.25) is 0 Å². The van der Waals surface area contributed by atoms with Crippen molar-refractivity contribution in [3.63, 3.8) is 0 Å². The van der Waals surface area contributed by atoms with Gasteiger partial charge >= 0.3 is 0 Å². The quantitative estimate of drug-likeness (QED) is 0.696. The molecule has 0 spiro atoms. The summed E-state index contributed by atoms with van der Waals surface area (Å²) in [6.45, 7) is 4.33. The smallest absolute Gasteiger partial charge is 0.202 e. The number of nitrogens with one attached hydrogen (secondary N) is 1. The van der Waals surface area contributed by atoms with Gasteiger partial charge in [-0.15, -0.1) is 0 Å². The second-order valence-corrected chi connectivity index (χ2v) is 5.22. The van der Waals surface area contributed by atoms with Gasteiger partial charge < -0.3 is 13.9 Å². The van der Waals surface area contributed by atoms with Gasteiger partial charge in [-0.25, -0.2) is 0 Å². The minimum atomic E-state index is 0.559. The highest BCUT2D eigenvalue weighted by molar-refractivity contribution is 5.75. The maximum absolute atomic E-state index is 8.36. The Kier molecular flexibility index (Phi) is 4.28. The van der Waals surface area contributed by atoms with Crippen LogP contribution in [0.25, 0.3) is 11.0 Å². The van der Waals surface area contributed by atoms with Crippen LogP contribution in [0.15, 0.2) is 54.6 Å². The molecule has 0 amide bonds. The van der Waals surface area contributed by atoms with Gasteiger partial charge in [0.05, 0.1) is 17.6 Å². The second-order valence-electron chi connectivity index (χ2n) is 5.22. The van der Waals surface area contributed by atoms with Crippen LogP contribution in [0.5, 0.6) is 5.75 Å². The van der Waals surface area contributed by atoms with E-state index in [1.807, 2.05) is 47.0 Å². The third-order valence-corrected chi connectivity index (χ3v) is 3.83. The molecule has 3 rings (SSSR count). The molecule has 1 aromatic heterocycles. The van der Waals surface area contributed by atoms with Crippen molar-refractivity contribution in [1.82, 2.24) is 9.13 Å². The molecule has 2 aromatic carbocycles. The predicted molar refractivity (Wildman–Crippen MR) is 88.0 cm³/mol. The molecule has 3 aromatic rings. The molecular weight excluding hydrogens is 274 g/mol. The van der Waals surface area contributed by atoms with E-state index in [0.717, 1.165) is 36.3 Å². The Labute approximate surface area is 130 Å². The Hall–Kier alpha value is -2.49. The molecule has 0 aliphatic rings. The summed E-state index contributed by atoms with van der Waals surface area (Å²) in [5, 5.41) is 8.36. The number of aryl methyl sites for hydroxylation is 2. The Morgan fingerprint density at radius 1 is 0.909 bits per heavy atom. The Morgan fingerprint density at radius 2 is 1.55 bits per heavy atom. The number of hydrogen-bond acceptors (Lipinski definition) is 2. The first kappa shape index (κ1) is 14.4. The summed E-state index contributed by atoms with van der Waals surface area (Å²) in [6, 6.07) is 18.1. The van der Waals surface area contributed by atoms with Crippen LogP contribution in [0, 0.1) is 5.41 Å². The van der Waals surface area contributed by atoms with Gasteiger partial charge in [0.25, 0.3) is 0 Å². The minimum Gasteiger partial charge on any atom is -0.494 e. The normalized spacial score (nSPS) is 11.0. The van der Waals surface area contributed by atoms with Gasteiger partial charge in [-0.3, -0.25) is 5.41 Å². The number of hydrogen-bond donors (Lipinski definition) is 1. The summed E-state index contributed by atoms with van der Waals surface area (Å²) in [5.41, 5.74) is 2.80. The number of ether oxygens (including phenoxy) is 1. The van der Waals surface area contributed by atoms with Crippen molar-refractivity contribution in [3.8, 4) is 5.75 Å². The Morgan fingerprint density at radius 3 is 2.23 bits per heavy atom. The maximum Gasteiger partial charge on any atom is 0.202 e. The Bertz CT molecular complexity index is 802. The number of fused-ring (bicyclic) bond motifs is 1. The van der Waals surface area contributed by atoms with Crippen LogP contribution in [0.3, 0.4) is 0 Å². The number of aromatic nitrogens is 2. The SMILES string of the molecule is CCn1c(=N)n(CCCOc2ccccc2)c2ccccc21. The van der Waals surface area contributed by atoms with Crippen molar-refractivity contribution in [1.29, 1.82) is 5.41 Å². The summed E-state index contributed by atoms with van der Waals surface area (Å²) in [4.78, 5) is 0. The molecule has 114 valence electrons. The number of rotatable bonds is 6. The van der Waals surface area contributed by atoms with Crippen LogP contribution in [0.1, 0.15) is 13.3 Å². The van der Waals surface area contributed by atoms with Gasteiger partial charge in [0, 0.05) is 13.1 Å². The van der Waals surface area contributed by atoms with E-state index in [0.29, 0.717) is 12.2 Å². The second kappa shape index (κ2) is 6.52. The summed E-state index contributed by atoms with van der Waals surface area (Å²) >= 11 is 0. The van der Waals surface area contributed by atoms with E-state index in [-0.39, 0.29) is 0 Å². The van der Waals surface area contributed by atoms with Crippen molar-refractivity contribution in [2.75, 3.05) is 6.61 Å². The van der Waals surface area contributed by atoms with E-state index >= 15 is 0 Å². The first-order chi connectivity index (χ1) is 10.8. The number of benzene rings is 2. The van der Waals surface area contributed by atoms with Crippen LogP contribution in [-0.4, -0.2) is 15.7 Å². The molecule has 0 saturated heterocycles. The molecule has 4 nitrogen and oxygen atoms in total.